The van der Waals surface area contributed by atoms with Crippen molar-refractivity contribution in [2.75, 3.05) is 0 Å². The van der Waals surface area contributed by atoms with Crippen LogP contribution in [0.15, 0.2) is 60.7 Å². The van der Waals surface area contributed by atoms with Crippen molar-refractivity contribution < 1.29 is 9.59 Å². The van der Waals surface area contributed by atoms with E-state index in [4.69, 9.17) is 0 Å². The summed E-state index contributed by atoms with van der Waals surface area (Å²) in [5.74, 6) is -1.66. The molecule has 110 valence electrons. The maximum absolute atomic E-state index is 12.8. The molecule has 22 heavy (non-hydrogen) atoms. The zero-order valence-electron chi connectivity index (χ0n) is 12.6. The number of carbonyl (C=O) groups excluding carboxylic acids is 2. The Labute approximate surface area is 130 Å². The van der Waals surface area contributed by atoms with Gasteiger partial charge in [0.15, 0.2) is 11.6 Å². The zero-order valence-corrected chi connectivity index (χ0v) is 12.6. The Morgan fingerprint density at radius 2 is 1.23 bits per heavy atom. The van der Waals surface area contributed by atoms with Crippen LogP contribution in [0.3, 0.4) is 0 Å². The number of carbonyl (C=O) groups is 2. The van der Waals surface area contributed by atoms with Crippen LogP contribution in [0.2, 0.25) is 0 Å². The molecule has 0 amide bonds. The third-order valence-corrected chi connectivity index (χ3v) is 3.65. The van der Waals surface area contributed by atoms with E-state index in [0.29, 0.717) is 11.1 Å². The van der Waals surface area contributed by atoms with Gasteiger partial charge in [0.25, 0.3) is 0 Å². The number of nitrogens with zero attached hydrogens (tertiary/aromatic N) is 1. The largest absolute Gasteiger partial charge is 0.293 e. The molecule has 0 aromatic heterocycles. The van der Waals surface area contributed by atoms with Gasteiger partial charge < -0.3 is 0 Å². The van der Waals surface area contributed by atoms with Crippen molar-refractivity contribution >= 4 is 11.6 Å². The first-order chi connectivity index (χ1) is 10.5. The van der Waals surface area contributed by atoms with E-state index >= 15 is 0 Å². The number of nitriles is 1. The molecule has 0 N–H and O–H groups in total. The molecule has 0 spiro atoms. The zero-order chi connectivity index (χ0) is 16.2. The van der Waals surface area contributed by atoms with E-state index in [-0.39, 0.29) is 11.6 Å². The van der Waals surface area contributed by atoms with E-state index in [1.165, 1.54) is 0 Å². The topological polar surface area (TPSA) is 57.9 Å². The van der Waals surface area contributed by atoms with Gasteiger partial charge in [-0.15, -0.1) is 0 Å². The van der Waals surface area contributed by atoms with Crippen LogP contribution in [0.25, 0.3) is 0 Å². The number of Topliss-reactive ketones (excluding diaryl/α,β-unsaturated/α-hetero) is 2. The Kier molecular flexibility index (Phi) is 4.53. The molecule has 0 radical (unpaired) electrons. The molecule has 0 aliphatic rings. The number of hydrogen-bond donors (Lipinski definition) is 0. The van der Waals surface area contributed by atoms with Gasteiger partial charge in [0, 0.05) is 11.1 Å². The highest BCUT2D eigenvalue weighted by molar-refractivity contribution is 6.16. The molecule has 0 aliphatic heterocycles. The fraction of sp³-hybridized carbons (Fsp3) is 0.211. The normalized spacial score (nSPS) is 11.0. The highest BCUT2D eigenvalue weighted by Crippen LogP contribution is 2.32. The first-order valence-electron chi connectivity index (χ1n) is 7.07. The lowest BCUT2D eigenvalue weighted by molar-refractivity contribution is 0.0725. The summed E-state index contributed by atoms with van der Waals surface area (Å²) in [7, 11) is 0. The summed E-state index contributed by atoms with van der Waals surface area (Å²) in [5.41, 5.74) is -0.194. The maximum atomic E-state index is 12.8. The van der Waals surface area contributed by atoms with Crippen molar-refractivity contribution in [1.82, 2.24) is 0 Å². The lowest BCUT2D eigenvalue weighted by Gasteiger charge is -2.25. The molecule has 3 nitrogen and oxygen atoms in total. The molecule has 0 unspecified atom stereocenters. The summed E-state index contributed by atoms with van der Waals surface area (Å²) in [6, 6.07) is 19.4. The minimum atomic E-state index is -1.08. The average Bonchev–Trinajstić information content (AvgIpc) is 2.56. The van der Waals surface area contributed by atoms with Gasteiger partial charge in [0.05, 0.1) is 11.5 Å². The van der Waals surface area contributed by atoms with Gasteiger partial charge in [-0.05, 0) is 13.8 Å². The lowest BCUT2D eigenvalue weighted by Crippen LogP contribution is -2.36. The van der Waals surface area contributed by atoms with Gasteiger partial charge >= 0.3 is 0 Å². The smallest absolute Gasteiger partial charge is 0.175 e. The second-order valence-corrected chi connectivity index (χ2v) is 5.73. The molecular formula is C19H17NO2. The minimum Gasteiger partial charge on any atom is -0.293 e. The summed E-state index contributed by atoms with van der Waals surface area (Å²) >= 11 is 0. The molecule has 0 bridgehead atoms. The Morgan fingerprint density at radius 1 is 0.864 bits per heavy atom. The molecule has 0 saturated carbocycles. The van der Waals surface area contributed by atoms with Crippen molar-refractivity contribution in [3.63, 3.8) is 0 Å². The van der Waals surface area contributed by atoms with Gasteiger partial charge in [-0.25, -0.2) is 0 Å². The first kappa shape index (κ1) is 15.7. The first-order valence-corrected chi connectivity index (χ1v) is 7.07. The standard InChI is InChI=1S/C19H17NO2/c1-19(2,13-20)16(17(21)14-9-5-3-6-10-14)18(22)15-11-7-4-8-12-15/h3-12,16H,1-2H3. The summed E-state index contributed by atoms with van der Waals surface area (Å²) < 4.78 is 0. The van der Waals surface area contributed by atoms with Crippen LogP contribution < -0.4 is 0 Å². The molecule has 2 aromatic carbocycles. The number of hydrogen-bond acceptors (Lipinski definition) is 3. The fourth-order valence-corrected chi connectivity index (χ4v) is 2.38. The molecular weight excluding hydrogens is 274 g/mol. The molecule has 3 heteroatoms. The third kappa shape index (κ3) is 3.12. The predicted octanol–water partition coefficient (Wildman–Crippen LogP) is 3.92. The van der Waals surface area contributed by atoms with E-state index in [9.17, 15) is 14.9 Å². The van der Waals surface area contributed by atoms with Crippen LogP contribution in [0.4, 0.5) is 0 Å². The van der Waals surface area contributed by atoms with Crippen LogP contribution in [0.1, 0.15) is 34.6 Å². The van der Waals surface area contributed by atoms with Crippen LogP contribution in [0, 0.1) is 22.7 Å². The quantitative estimate of drug-likeness (QED) is 0.619. The molecule has 0 saturated heterocycles. The Balaban J connectivity index is 2.47. The Bertz CT molecular complexity index is 661. The van der Waals surface area contributed by atoms with E-state index in [1.54, 1.807) is 74.5 Å². The third-order valence-electron chi connectivity index (χ3n) is 3.65. The maximum Gasteiger partial charge on any atom is 0.175 e. The summed E-state index contributed by atoms with van der Waals surface area (Å²) in [6.45, 7) is 3.25. The van der Waals surface area contributed by atoms with E-state index < -0.39 is 11.3 Å². The van der Waals surface area contributed by atoms with Crippen molar-refractivity contribution in [3.8, 4) is 6.07 Å². The Morgan fingerprint density at radius 3 is 1.55 bits per heavy atom. The van der Waals surface area contributed by atoms with E-state index in [0.717, 1.165) is 0 Å². The molecule has 0 atom stereocenters. The van der Waals surface area contributed by atoms with Gasteiger partial charge in [-0.2, -0.15) is 5.26 Å². The van der Waals surface area contributed by atoms with Crippen molar-refractivity contribution in [2.24, 2.45) is 11.3 Å². The lowest BCUT2D eigenvalue weighted by atomic mass is 9.72. The summed E-state index contributed by atoms with van der Waals surface area (Å²) in [6.07, 6.45) is 0. The molecule has 2 aromatic rings. The second-order valence-electron chi connectivity index (χ2n) is 5.73. The molecule has 2 rings (SSSR count). The van der Waals surface area contributed by atoms with Crippen LogP contribution >= 0.6 is 0 Å². The van der Waals surface area contributed by atoms with Crippen molar-refractivity contribution in [3.05, 3.63) is 71.8 Å². The molecule has 0 aliphatic carbocycles. The van der Waals surface area contributed by atoms with Gasteiger partial charge in [-0.1, -0.05) is 60.7 Å². The van der Waals surface area contributed by atoms with E-state index in [2.05, 4.69) is 6.07 Å². The number of ketones is 2. The number of rotatable bonds is 5. The fourth-order valence-electron chi connectivity index (χ4n) is 2.38. The average molecular weight is 291 g/mol. The summed E-state index contributed by atoms with van der Waals surface area (Å²) in [5, 5.41) is 9.40. The predicted molar refractivity (Wildman–Crippen MR) is 84.4 cm³/mol. The van der Waals surface area contributed by atoms with Crippen LogP contribution in [-0.2, 0) is 0 Å². The van der Waals surface area contributed by atoms with Crippen molar-refractivity contribution in [1.29, 1.82) is 5.26 Å². The summed E-state index contributed by atoms with van der Waals surface area (Å²) in [4.78, 5) is 25.6. The molecule has 0 heterocycles. The minimum absolute atomic E-state index is 0.319. The van der Waals surface area contributed by atoms with Crippen LogP contribution in [0.5, 0.6) is 0 Å². The SMILES string of the molecule is CC(C)(C#N)C(C(=O)c1ccccc1)C(=O)c1ccccc1. The van der Waals surface area contributed by atoms with Crippen molar-refractivity contribution in [2.45, 2.75) is 13.8 Å². The van der Waals surface area contributed by atoms with Gasteiger partial charge in [0.1, 0.15) is 5.92 Å². The second kappa shape index (κ2) is 6.36. The molecule has 0 fully saturated rings. The van der Waals surface area contributed by atoms with Crippen LogP contribution in [-0.4, -0.2) is 11.6 Å². The van der Waals surface area contributed by atoms with Gasteiger partial charge in [-0.3, -0.25) is 9.59 Å². The Hall–Kier alpha value is -2.73. The highest BCUT2D eigenvalue weighted by atomic mass is 16.2. The number of benzene rings is 2. The van der Waals surface area contributed by atoms with Gasteiger partial charge in [0.2, 0.25) is 0 Å². The highest BCUT2D eigenvalue weighted by Gasteiger charge is 2.41. The van der Waals surface area contributed by atoms with E-state index in [1.807, 2.05) is 0 Å². The monoisotopic (exact) mass is 291 g/mol.